The predicted octanol–water partition coefficient (Wildman–Crippen LogP) is 2.01. The second-order valence-corrected chi connectivity index (χ2v) is 8.54. The molecule has 5 nitrogen and oxygen atoms in total. The van der Waals surface area contributed by atoms with E-state index in [1.165, 1.54) is 14.2 Å². The van der Waals surface area contributed by atoms with Crippen LogP contribution in [0, 0.1) is 0 Å². The van der Waals surface area contributed by atoms with Crippen molar-refractivity contribution in [3.63, 3.8) is 0 Å². The molecule has 0 amide bonds. The molecule has 1 aromatic rings. The van der Waals surface area contributed by atoms with Gasteiger partial charge in [-0.2, -0.15) is 0 Å². The van der Waals surface area contributed by atoms with Crippen molar-refractivity contribution in [3.05, 3.63) is 40.6 Å². The van der Waals surface area contributed by atoms with Gasteiger partial charge in [0.1, 0.15) is 0 Å². The van der Waals surface area contributed by atoms with Gasteiger partial charge in [0.05, 0.1) is 0 Å². The van der Waals surface area contributed by atoms with Gasteiger partial charge < -0.3 is 0 Å². The third-order valence-corrected chi connectivity index (χ3v) is 6.57. The van der Waals surface area contributed by atoms with E-state index in [0.717, 1.165) is 4.46 Å². The SMILES string of the molecule is [3H]C1O[C@H](OCP(=O)(OC)OC)C([Se]c2ccccc2)=C1F. The normalized spacial score (nSPS) is 23.5. The van der Waals surface area contributed by atoms with Crippen molar-refractivity contribution in [3.8, 4) is 0 Å². The van der Waals surface area contributed by atoms with Gasteiger partial charge in [-0.05, 0) is 0 Å². The quantitative estimate of drug-likeness (QED) is 0.533. The zero-order valence-corrected chi connectivity index (χ0v) is 14.1. The van der Waals surface area contributed by atoms with E-state index in [-0.39, 0.29) is 10.8 Å². The summed E-state index contributed by atoms with van der Waals surface area (Å²) in [4.78, 5) is 0. The molecule has 1 aliphatic rings. The summed E-state index contributed by atoms with van der Waals surface area (Å²) in [5.41, 5.74) is 0. The second-order valence-electron chi connectivity index (χ2n) is 3.98. The van der Waals surface area contributed by atoms with Gasteiger partial charge in [-0.15, -0.1) is 0 Å². The molecule has 8 heteroatoms. The number of rotatable bonds is 7. The van der Waals surface area contributed by atoms with E-state index >= 15 is 0 Å². The summed E-state index contributed by atoms with van der Waals surface area (Å²) in [6.07, 6.45) is -1.43. The zero-order valence-electron chi connectivity index (χ0n) is 12.5. The second kappa shape index (κ2) is 7.65. The minimum absolute atomic E-state index is 0.275. The first-order valence-electron chi connectivity index (χ1n) is 6.59. The molecule has 2 atom stereocenters. The Morgan fingerprint density at radius 1 is 1.43 bits per heavy atom. The molecule has 0 saturated carbocycles. The van der Waals surface area contributed by atoms with Gasteiger partial charge in [-0.3, -0.25) is 0 Å². The molecular formula is C13H16FO5PSe. The maximum atomic E-state index is 14.1. The molecule has 21 heavy (non-hydrogen) atoms. The summed E-state index contributed by atoms with van der Waals surface area (Å²) >= 11 is -0.393. The summed E-state index contributed by atoms with van der Waals surface area (Å²) in [6.45, 7) is -1.42. The van der Waals surface area contributed by atoms with Crippen LogP contribution in [0.15, 0.2) is 40.6 Å². The van der Waals surface area contributed by atoms with E-state index in [4.69, 9.17) is 19.9 Å². The molecule has 0 fully saturated rings. The monoisotopic (exact) mass is 384 g/mol. The minimum atomic E-state index is -3.38. The average Bonchev–Trinajstić information content (AvgIpc) is 2.81. The summed E-state index contributed by atoms with van der Waals surface area (Å²) < 4.78 is 54.7. The molecule has 0 N–H and O–H groups in total. The van der Waals surface area contributed by atoms with Crippen molar-refractivity contribution in [2.75, 3.05) is 27.2 Å². The Morgan fingerprint density at radius 3 is 2.71 bits per heavy atom. The average molecular weight is 383 g/mol. The van der Waals surface area contributed by atoms with Gasteiger partial charge in [0.2, 0.25) is 0 Å². The molecule has 0 aliphatic carbocycles. The van der Waals surface area contributed by atoms with Crippen LogP contribution in [0.3, 0.4) is 0 Å². The van der Waals surface area contributed by atoms with Crippen LogP contribution in [0.5, 0.6) is 0 Å². The third kappa shape index (κ3) is 4.47. The maximum absolute atomic E-state index is 14.1. The van der Waals surface area contributed by atoms with Crippen LogP contribution in [0.1, 0.15) is 1.37 Å². The number of hydrogen-bond donors (Lipinski definition) is 0. The van der Waals surface area contributed by atoms with E-state index in [2.05, 4.69) is 0 Å². The fourth-order valence-electron chi connectivity index (χ4n) is 1.52. The molecule has 2 rings (SSSR count). The topological polar surface area (TPSA) is 54.0 Å². The summed E-state index contributed by atoms with van der Waals surface area (Å²) in [6, 6.07) is 9.30. The molecule has 0 radical (unpaired) electrons. The predicted molar refractivity (Wildman–Crippen MR) is 77.3 cm³/mol. The fraction of sp³-hybridized carbons (Fsp3) is 0.385. The van der Waals surface area contributed by atoms with Crippen LogP contribution in [0.25, 0.3) is 0 Å². The van der Waals surface area contributed by atoms with Gasteiger partial charge in [-0.1, -0.05) is 0 Å². The van der Waals surface area contributed by atoms with Gasteiger partial charge >= 0.3 is 130 Å². The molecular weight excluding hydrogens is 365 g/mol. The fourth-order valence-corrected chi connectivity index (χ4v) is 4.11. The van der Waals surface area contributed by atoms with Crippen molar-refractivity contribution in [2.24, 2.45) is 0 Å². The molecule has 1 aliphatic heterocycles. The Labute approximate surface area is 130 Å². The number of hydrogen-bond acceptors (Lipinski definition) is 5. The molecule has 1 aromatic carbocycles. The van der Waals surface area contributed by atoms with Gasteiger partial charge in [0, 0.05) is 0 Å². The van der Waals surface area contributed by atoms with Crippen LogP contribution < -0.4 is 4.46 Å². The first-order valence-corrected chi connectivity index (χ1v) is 9.45. The Hall–Kier alpha value is -0.521. The molecule has 1 heterocycles. The molecule has 0 spiro atoms. The van der Waals surface area contributed by atoms with Crippen molar-refractivity contribution in [2.45, 2.75) is 6.29 Å². The van der Waals surface area contributed by atoms with E-state index < -0.39 is 41.3 Å². The van der Waals surface area contributed by atoms with E-state index in [1.54, 1.807) is 0 Å². The standard InChI is InChI=1S/C13H16FO5PSe/c1-16-20(15,17-2)9-19-13-12(11(14)8-18-13)21-10-6-4-3-5-7-10/h3-7,13H,8-9H2,1-2H3/t13-/m1/s1/i8T/t8?,13-. The van der Waals surface area contributed by atoms with Gasteiger partial charge in [0.15, 0.2) is 0 Å². The van der Waals surface area contributed by atoms with Crippen LogP contribution in [-0.4, -0.2) is 48.4 Å². The van der Waals surface area contributed by atoms with E-state index in [0.29, 0.717) is 0 Å². The Balaban J connectivity index is 2.09. The molecule has 0 bridgehead atoms. The van der Waals surface area contributed by atoms with Crippen LogP contribution in [0.2, 0.25) is 0 Å². The first kappa shape index (κ1) is 15.4. The number of halogens is 1. The Morgan fingerprint density at radius 2 is 2.10 bits per heavy atom. The number of benzene rings is 1. The van der Waals surface area contributed by atoms with Crippen molar-refractivity contribution in [1.82, 2.24) is 0 Å². The summed E-state index contributed by atoms with van der Waals surface area (Å²) in [5.74, 6) is -0.654. The van der Waals surface area contributed by atoms with Gasteiger partial charge in [-0.25, -0.2) is 0 Å². The number of ether oxygens (including phenoxy) is 2. The summed E-state index contributed by atoms with van der Waals surface area (Å²) in [5, 5.41) is 0. The van der Waals surface area contributed by atoms with Crippen LogP contribution in [-0.2, 0) is 23.1 Å². The van der Waals surface area contributed by atoms with Crippen LogP contribution >= 0.6 is 7.60 Å². The molecule has 0 saturated heterocycles. The first-order chi connectivity index (χ1) is 10.5. The van der Waals surface area contributed by atoms with E-state index in [9.17, 15) is 8.96 Å². The van der Waals surface area contributed by atoms with Gasteiger partial charge in [0.25, 0.3) is 0 Å². The zero-order chi connectivity index (χ0) is 16.2. The van der Waals surface area contributed by atoms with Crippen molar-refractivity contribution < 1.29 is 28.8 Å². The Bertz CT molecular complexity index is 577. The molecule has 1 unspecified atom stereocenters. The summed E-state index contributed by atoms with van der Waals surface area (Å²) in [7, 11) is -0.908. The molecule has 0 aromatic heterocycles. The van der Waals surface area contributed by atoms with Crippen molar-refractivity contribution in [1.29, 1.82) is 0 Å². The van der Waals surface area contributed by atoms with Crippen molar-refractivity contribution >= 4 is 27.0 Å². The molecule has 116 valence electrons. The van der Waals surface area contributed by atoms with Crippen LogP contribution in [0.4, 0.5) is 4.39 Å². The Kier molecular flexibility index (Phi) is 5.61. The van der Waals surface area contributed by atoms with E-state index in [1.807, 2.05) is 30.3 Å². The third-order valence-electron chi connectivity index (χ3n) is 2.66.